The predicted octanol–water partition coefficient (Wildman–Crippen LogP) is 0.196. The van der Waals surface area contributed by atoms with Crippen molar-refractivity contribution in [2.75, 3.05) is 13.2 Å². The Balaban J connectivity index is 2.29. The molecule has 0 aromatic carbocycles. The first-order chi connectivity index (χ1) is 7.67. The van der Waals surface area contributed by atoms with E-state index < -0.39 is 0 Å². The topological polar surface area (TPSA) is 67.4 Å². The summed E-state index contributed by atoms with van der Waals surface area (Å²) in [5.74, 6) is -0.173. The maximum absolute atomic E-state index is 11.4. The molecule has 1 aliphatic rings. The Morgan fingerprint density at radius 1 is 1.44 bits per heavy atom. The van der Waals surface area contributed by atoms with Crippen LogP contribution in [0.4, 0.5) is 0 Å². The minimum atomic E-state index is -0.271. The minimum Gasteiger partial charge on any atom is -0.465 e. The summed E-state index contributed by atoms with van der Waals surface area (Å²) in [6.07, 6.45) is 2.00. The number of ether oxygens (including phenoxy) is 1. The molecule has 5 nitrogen and oxygen atoms in total. The monoisotopic (exact) mass is 228 g/mol. The zero-order valence-electron chi connectivity index (χ0n) is 9.91. The molecule has 1 aliphatic heterocycles. The van der Waals surface area contributed by atoms with Crippen molar-refractivity contribution < 1.29 is 14.3 Å². The van der Waals surface area contributed by atoms with Crippen LogP contribution in [0.2, 0.25) is 0 Å². The molecule has 1 heterocycles. The van der Waals surface area contributed by atoms with Crippen molar-refractivity contribution in [3.05, 3.63) is 0 Å². The van der Waals surface area contributed by atoms with Gasteiger partial charge in [-0.2, -0.15) is 0 Å². The van der Waals surface area contributed by atoms with Crippen molar-refractivity contribution in [2.45, 2.75) is 45.2 Å². The van der Waals surface area contributed by atoms with E-state index in [2.05, 4.69) is 10.6 Å². The van der Waals surface area contributed by atoms with Gasteiger partial charge in [0, 0.05) is 19.0 Å². The van der Waals surface area contributed by atoms with E-state index in [0.29, 0.717) is 26.0 Å². The first kappa shape index (κ1) is 13.0. The second-order valence-corrected chi connectivity index (χ2v) is 3.96. The summed E-state index contributed by atoms with van der Waals surface area (Å²) in [6.45, 7) is 4.78. The quantitative estimate of drug-likeness (QED) is 0.659. The number of carbonyl (C=O) groups is 2. The van der Waals surface area contributed by atoms with E-state index in [4.69, 9.17) is 4.74 Å². The molecular weight excluding hydrogens is 208 g/mol. The van der Waals surface area contributed by atoms with Gasteiger partial charge in [0.25, 0.3) is 0 Å². The number of carbonyl (C=O) groups excluding carboxylic acids is 2. The van der Waals surface area contributed by atoms with E-state index in [1.54, 1.807) is 6.92 Å². The number of nitrogens with one attached hydrogen (secondary N) is 2. The van der Waals surface area contributed by atoms with E-state index >= 15 is 0 Å². The molecule has 0 bridgehead atoms. The Kier molecular flexibility index (Phi) is 5.25. The molecule has 0 aromatic heterocycles. The Morgan fingerprint density at radius 3 is 2.81 bits per heavy atom. The highest BCUT2D eigenvalue weighted by atomic mass is 16.5. The molecule has 0 radical (unpaired) electrons. The van der Waals surface area contributed by atoms with Crippen LogP contribution in [-0.4, -0.2) is 37.1 Å². The summed E-state index contributed by atoms with van der Waals surface area (Å²) in [4.78, 5) is 22.8. The fourth-order valence-corrected chi connectivity index (χ4v) is 1.79. The second-order valence-electron chi connectivity index (χ2n) is 3.96. The molecule has 1 amide bonds. The highest BCUT2D eigenvalue weighted by Crippen LogP contribution is 2.08. The standard InChI is InChI=1S/C11H20N2O3/c1-3-5-10(14)13-8-6-9(12-7-8)11(15)16-4-2/h8-9,12H,3-7H2,1-2H3,(H,13,14). The van der Waals surface area contributed by atoms with Gasteiger partial charge < -0.3 is 15.4 Å². The van der Waals surface area contributed by atoms with Gasteiger partial charge in [0.15, 0.2) is 0 Å². The maximum Gasteiger partial charge on any atom is 0.323 e. The summed E-state index contributed by atoms with van der Waals surface area (Å²) in [5, 5.41) is 5.95. The predicted molar refractivity (Wildman–Crippen MR) is 59.9 cm³/mol. The molecule has 1 rings (SSSR count). The summed E-state index contributed by atoms with van der Waals surface area (Å²) < 4.78 is 4.91. The maximum atomic E-state index is 11.4. The van der Waals surface area contributed by atoms with Gasteiger partial charge in [-0.15, -0.1) is 0 Å². The highest BCUT2D eigenvalue weighted by molar-refractivity contribution is 5.78. The van der Waals surface area contributed by atoms with E-state index in [1.807, 2.05) is 6.92 Å². The molecule has 2 N–H and O–H groups in total. The first-order valence-electron chi connectivity index (χ1n) is 5.86. The fourth-order valence-electron chi connectivity index (χ4n) is 1.79. The Hall–Kier alpha value is -1.10. The minimum absolute atomic E-state index is 0.0495. The smallest absolute Gasteiger partial charge is 0.323 e. The number of amides is 1. The average Bonchev–Trinajstić information content (AvgIpc) is 2.67. The van der Waals surface area contributed by atoms with Gasteiger partial charge in [-0.1, -0.05) is 6.92 Å². The molecule has 1 fully saturated rings. The van der Waals surface area contributed by atoms with Crippen molar-refractivity contribution in [1.29, 1.82) is 0 Å². The van der Waals surface area contributed by atoms with Gasteiger partial charge >= 0.3 is 5.97 Å². The number of esters is 1. The van der Waals surface area contributed by atoms with Gasteiger partial charge in [-0.05, 0) is 19.8 Å². The molecule has 16 heavy (non-hydrogen) atoms. The summed E-state index contributed by atoms with van der Waals surface area (Å²) in [7, 11) is 0. The highest BCUT2D eigenvalue weighted by Gasteiger charge is 2.30. The van der Waals surface area contributed by atoms with E-state index in [1.165, 1.54) is 0 Å². The van der Waals surface area contributed by atoms with Gasteiger partial charge in [0.2, 0.25) is 5.91 Å². The average molecular weight is 228 g/mol. The third kappa shape index (κ3) is 3.81. The van der Waals surface area contributed by atoms with Gasteiger partial charge in [-0.3, -0.25) is 9.59 Å². The number of hydrogen-bond acceptors (Lipinski definition) is 4. The van der Waals surface area contributed by atoms with Crippen molar-refractivity contribution >= 4 is 11.9 Å². The van der Waals surface area contributed by atoms with Gasteiger partial charge in [-0.25, -0.2) is 0 Å². The molecule has 0 aliphatic carbocycles. The molecule has 92 valence electrons. The largest absolute Gasteiger partial charge is 0.465 e. The van der Waals surface area contributed by atoms with Crippen LogP contribution in [-0.2, 0) is 14.3 Å². The van der Waals surface area contributed by atoms with Crippen LogP contribution in [0.5, 0.6) is 0 Å². The molecular formula is C11H20N2O3. The lowest BCUT2D eigenvalue weighted by Crippen LogP contribution is -2.35. The number of hydrogen-bond donors (Lipinski definition) is 2. The van der Waals surface area contributed by atoms with Crippen molar-refractivity contribution in [2.24, 2.45) is 0 Å². The zero-order chi connectivity index (χ0) is 12.0. The van der Waals surface area contributed by atoms with E-state index in [0.717, 1.165) is 6.42 Å². The lowest BCUT2D eigenvalue weighted by atomic mass is 10.1. The van der Waals surface area contributed by atoms with E-state index in [-0.39, 0.29) is 24.0 Å². The molecule has 0 spiro atoms. The SMILES string of the molecule is CCCC(=O)NC1CNC(C(=O)OCC)C1. The van der Waals surface area contributed by atoms with Crippen molar-refractivity contribution in [1.82, 2.24) is 10.6 Å². The van der Waals surface area contributed by atoms with E-state index in [9.17, 15) is 9.59 Å². The molecule has 5 heteroatoms. The zero-order valence-corrected chi connectivity index (χ0v) is 9.91. The summed E-state index contributed by atoms with van der Waals surface area (Å²) in [6, 6.07) is -0.222. The van der Waals surface area contributed by atoms with Crippen LogP contribution in [0.25, 0.3) is 0 Å². The Labute approximate surface area is 95.9 Å². The Bertz CT molecular complexity index is 256. The van der Waals surface area contributed by atoms with Crippen LogP contribution in [0.1, 0.15) is 33.1 Å². The molecule has 2 unspecified atom stereocenters. The van der Waals surface area contributed by atoms with Gasteiger partial charge in [0.05, 0.1) is 6.61 Å². The summed E-state index contributed by atoms with van der Waals surface area (Å²) >= 11 is 0. The third-order valence-electron chi connectivity index (χ3n) is 2.54. The van der Waals surface area contributed by atoms with Crippen LogP contribution in [0, 0.1) is 0 Å². The van der Waals surface area contributed by atoms with Crippen molar-refractivity contribution in [3.8, 4) is 0 Å². The Morgan fingerprint density at radius 2 is 2.19 bits per heavy atom. The first-order valence-corrected chi connectivity index (χ1v) is 5.86. The lowest BCUT2D eigenvalue weighted by molar-refractivity contribution is -0.145. The second kappa shape index (κ2) is 6.48. The normalized spacial score (nSPS) is 24.1. The van der Waals surface area contributed by atoms with Crippen LogP contribution < -0.4 is 10.6 Å². The van der Waals surface area contributed by atoms with Crippen LogP contribution in [0.3, 0.4) is 0 Å². The number of rotatable bonds is 5. The molecule has 0 aromatic rings. The molecule has 0 saturated carbocycles. The fraction of sp³-hybridized carbons (Fsp3) is 0.818. The third-order valence-corrected chi connectivity index (χ3v) is 2.54. The van der Waals surface area contributed by atoms with Gasteiger partial charge in [0.1, 0.15) is 6.04 Å². The molecule has 2 atom stereocenters. The van der Waals surface area contributed by atoms with Crippen molar-refractivity contribution in [3.63, 3.8) is 0 Å². The molecule has 1 saturated heterocycles. The van der Waals surface area contributed by atoms with Crippen LogP contribution in [0.15, 0.2) is 0 Å². The summed E-state index contributed by atoms with van der Waals surface area (Å²) in [5.41, 5.74) is 0. The van der Waals surface area contributed by atoms with Crippen LogP contribution >= 0.6 is 0 Å². The lowest BCUT2D eigenvalue weighted by Gasteiger charge is -2.11.